The van der Waals surface area contributed by atoms with Gasteiger partial charge in [0.1, 0.15) is 6.61 Å². The molecular formula is C28H25NO7S. The molecule has 4 rings (SSSR count). The van der Waals surface area contributed by atoms with E-state index in [1.165, 1.54) is 20.3 Å². The van der Waals surface area contributed by atoms with Crippen LogP contribution in [0.25, 0.3) is 6.08 Å². The lowest BCUT2D eigenvalue weighted by Gasteiger charge is -2.15. The Morgan fingerprint density at radius 3 is 2.27 bits per heavy atom. The van der Waals surface area contributed by atoms with Crippen molar-refractivity contribution >= 4 is 35.0 Å². The molecule has 0 radical (unpaired) electrons. The first kappa shape index (κ1) is 25.8. The molecule has 0 unspecified atom stereocenters. The summed E-state index contributed by atoms with van der Waals surface area (Å²) >= 11 is 0.807. The number of rotatable bonds is 9. The number of carbonyl (C=O) groups is 3. The van der Waals surface area contributed by atoms with Crippen LogP contribution in [0.5, 0.6) is 23.0 Å². The average Bonchev–Trinajstić information content (AvgIpc) is 3.17. The molecule has 0 aliphatic carbocycles. The first-order valence-corrected chi connectivity index (χ1v) is 12.2. The Morgan fingerprint density at radius 2 is 1.57 bits per heavy atom. The maximum atomic E-state index is 13.0. The fourth-order valence-corrected chi connectivity index (χ4v) is 4.43. The molecule has 0 aromatic heterocycles. The van der Waals surface area contributed by atoms with Gasteiger partial charge in [-0.1, -0.05) is 42.0 Å². The van der Waals surface area contributed by atoms with E-state index in [0.717, 1.165) is 22.2 Å². The topological polar surface area (TPSA) is 91.4 Å². The molecule has 3 aromatic rings. The van der Waals surface area contributed by atoms with Crippen molar-refractivity contribution in [2.24, 2.45) is 0 Å². The zero-order chi connectivity index (χ0) is 26.4. The van der Waals surface area contributed by atoms with Crippen molar-refractivity contribution in [3.05, 3.63) is 88.3 Å². The normalized spacial score (nSPS) is 14.1. The molecule has 9 heteroatoms. The molecule has 1 fully saturated rings. The number of aryl methyl sites for hydroxylation is 1. The highest BCUT2D eigenvalue weighted by atomic mass is 32.2. The summed E-state index contributed by atoms with van der Waals surface area (Å²) in [6, 6.07) is 19.1. The van der Waals surface area contributed by atoms with E-state index in [-0.39, 0.29) is 23.8 Å². The van der Waals surface area contributed by atoms with Crippen LogP contribution in [0.2, 0.25) is 0 Å². The maximum Gasteiger partial charge on any atom is 0.343 e. The second kappa shape index (κ2) is 11.7. The fourth-order valence-electron chi connectivity index (χ4n) is 3.58. The first-order valence-electron chi connectivity index (χ1n) is 11.4. The fraction of sp³-hybridized carbons (Fsp3) is 0.179. The Balaban J connectivity index is 1.51. The number of esters is 1. The van der Waals surface area contributed by atoms with Crippen LogP contribution in [0.1, 0.15) is 21.5 Å². The standard InChI is InChI=1S/C28H25NO7S/c1-18-11-13-19(14-12-18)27(31)36-25-20(7-6-10-23(25)34-3)17-24-26(30)29(28(32)37-24)15-16-35-22-9-5-4-8-21(22)33-2/h4-14,17H,15-16H2,1-3H3/b24-17-. The molecule has 0 N–H and O–H groups in total. The summed E-state index contributed by atoms with van der Waals surface area (Å²) in [5.41, 5.74) is 1.81. The molecule has 3 aromatic carbocycles. The van der Waals surface area contributed by atoms with Gasteiger partial charge in [0.15, 0.2) is 23.0 Å². The molecule has 0 spiro atoms. The van der Waals surface area contributed by atoms with E-state index < -0.39 is 17.1 Å². The Morgan fingerprint density at radius 1 is 0.892 bits per heavy atom. The van der Waals surface area contributed by atoms with Crippen molar-refractivity contribution in [2.75, 3.05) is 27.4 Å². The molecule has 0 bridgehead atoms. The number of benzene rings is 3. The van der Waals surface area contributed by atoms with Gasteiger partial charge in [0.05, 0.1) is 31.2 Å². The van der Waals surface area contributed by atoms with E-state index in [1.54, 1.807) is 48.5 Å². The molecule has 190 valence electrons. The van der Waals surface area contributed by atoms with E-state index in [1.807, 2.05) is 25.1 Å². The van der Waals surface area contributed by atoms with Gasteiger partial charge < -0.3 is 18.9 Å². The summed E-state index contributed by atoms with van der Waals surface area (Å²) in [4.78, 5) is 39.7. The average molecular weight is 520 g/mol. The number of imide groups is 1. The lowest BCUT2D eigenvalue weighted by Crippen LogP contribution is -2.32. The quantitative estimate of drug-likeness (QED) is 0.212. The minimum Gasteiger partial charge on any atom is -0.493 e. The van der Waals surface area contributed by atoms with Gasteiger partial charge in [-0.3, -0.25) is 14.5 Å². The zero-order valence-electron chi connectivity index (χ0n) is 20.6. The van der Waals surface area contributed by atoms with Gasteiger partial charge in [-0.05, 0) is 55.1 Å². The molecule has 8 nitrogen and oxygen atoms in total. The van der Waals surface area contributed by atoms with Crippen molar-refractivity contribution in [1.82, 2.24) is 4.90 Å². The smallest absolute Gasteiger partial charge is 0.343 e. The predicted molar refractivity (Wildman–Crippen MR) is 140 cm³/mol. The number of ether oxygens (including phenoxy) is 4. The van der Waals surface area contributed by atoms with Crippen LogP contribution in [-0.4, -0.2) is 49.4 Å². The number of nitrogens with zero attached hydrogens (tertiary/aromatic N) is 1. The van der Waals surface area contributed by atoms with Gasteiger partial charge in [-0.2, -0.15) is 0 Å². The molecule has 0 saturated carbocycles. The number of para-hydroxylation sites is 3. The molecule has 37 heavy (non-hydrogen) atoms. The van der Waals surface area contributed by atoms with Crippen LogP contribution in [0.4, 0.5) is 4.79 Å². The molecule has 0 atom stereocenters. The summed E-state index contributed by atoms with van der Waals surface area (Å²) in [6.07, 6.45) is 1.52. The largest absolute Gasteiger partial charge is 0.493 e. The summed E-state index contributed by atoms with van der Waals surface area (Å²) in [5.74, 6) is 0.518. The van der Waals surface area contributed by atoms with Crippen LogP contribution in [0.3, 0.4) is 0 Å². The third-order valence-electron chi connectivity index (χ3n) is 5.51. The lowest BCUT2D eigenvalue weighted by molar-refractivity contribution is -0.123. The monoisotopic (exact) mass is 519 g/mol. The van der Waals surface area contributed by atoms with E-state index in [2.05, 4.69) is 0 Å². The third-order valence-corrected chi connectivity index (χ3v) is 6.42. The van der Waals surface area contributed by atoms with Crippen LogP contribution in [0, 0.1) is 6.92 Å². The van der Waals surface area contributed by atoms with Crippen LogP contribution in [-0.2, 0) is 4.79 Å². The van der Waals surface area contributed by atoms with E-state index in [0.29, 0.717) is 28.4 Å². The molecular weight excluding hydrogens is 494 g/mol. The van der Waals surface area contributed by atoms with Gasteiger partial charge in [0.2, 0.25) is 0 Å². The summed E-state index contributed by atoms with van der Waals surface area (Å²) < 4.78 is 22.0. The minimum absolute atomic E-state index is 0.0629. The third kappa shape index (κ3) is 5.95. The van der Waals surface area contributed by atoms with Crippen molar-refractivity contribution < 1.29 is 33.3 Å². The number of methoxy groups -OCH3 is 2. The summed E-state index contributed by atoms with van der Waals surface area (Å²) in [6.45, 7) is 2.09. The lowest BCUT2D eigenvalue weighted by atomic mass is 10.1. The second-order valence-electron chi connectivity index (χ2n) is 7.97. The zero-order valence-corrected chi connectivity index (χ0v) is 21.4. The van der Waals surface area contributed by atoms with Crippen molar-refractivity contribution in [2.45, 2.75) is 6.92 Å². The second-order valence-corrected chi connectivity index (χ2v) is 8.96. The van der Waals surface area contributed by atoms with Crippen molar-refractivity contribution in [1.29, 1.82) is 0 Å². The van der Waals surface area contributed by atoms with Crippen LogP contribution in [0.15, 0.2) is 71.6 Å². The van der Waals surface area contributed by atoms with Crippen molar-refractivity contribution in [3.8, 4) is 23.0 Å². The highest BCUT2D eigenvalue weighted by molar-refractivity contribution is 8.18. The van der Waals surface area contributed by atoms with Crippen LogP contribution < -0.4 is 18.9 Å². The maximum absolute atomic E-state index is 13.0. The predicted octanol–water partition coefficient (Wildman–Crippen LogP) is 5.35. The molecule has 1 aliphatic rings. The Bertz CT molecular complexity index is 1350. The summed E-state index contributed by atoms with van der Waals surface area (Å²) in [7, 11) is 2.99. The van der Waals surface area contributed by atoms with E-state index in [4.69, 9.17) is 18.9 Å². The van der Waals surface area contributed by atoms with E-state index in [9.17, 15) is 14.4 Å². The SMILES string of the molecule is COc1ccccc1OCCN1C(=O)S/C(=C\c2cccc(OC)c2OC(=O)c2ccc(C)cc2)C1=O. The summed E-state index contributed by atoms with van der Waals surface area (Å²) in [5, 5.41) is -0.416. The van der Waals surface area contributed by atoms with Crippen molar-refractivity contribution in [3.63, 3.8) is 0 Å². The molecule has 1 heterocycles. The highest BCUT2D eigenvalue weighted by Crippen LogP contribution is 2.38. The van der Waals surface area contributed by atoms with Gasteiger partial charge in [0, 0.05) is 5.56 Å². The Hall–Kier alpha value is -4.24. The van der Waals surface area contributed by atoms with Gasteiger partial charge in [-0.15, -0.1) is 0 Å². The Labute approximate surface area is 218 Å². The minimum atomic E-state index is -0.569. The molecule has 1 saturated heterocycles. The van der Waals surface area contributed by atoms with Gasteiger partial charge in [-0.25, -0.2) is 4.79 Å². The first-order chi connectivity index (χ1) is 17.9. The van der Waals surface area contributed by atoms with Gasteiger partial charge in [0.25, 0.3) is 11.1 Å². The molecule has 1 aliphatic heterocycles. The van der Waals surface area contributed by atoms with Crippen LogP contribution >= 0.6 is 11.8 Å². The number of thioether (sulfide) groups is 1. The number of carbonyl (C=O) groups excluding carboxylic acids is 3. The van der Waals surface area contributed by atoms with Gasteiger partial charge >= 0.3 is 5.97 Å². The number of hydrogen-bond acceptors (Lipinski definition) is 8. The Kier molecular flexibility index (Phi) is 8.15. The number of amides is 2. The highest BCUT2D eigenvalue weighted by Gasteiger charge is 2.35. The molecule has 2 amide bonds. The number of hydrogen-bond donors (Lipinski definition) is 0. The van der Waals surface area contributed by atoms with E-state index >= 15 is 0 Å².